The van der Waals surface area contributed by atoms with Crippen LogP contribution in [0.25, 0.3) is 16.7 Å². The minimum atomic E-state index is -0.352. The molecule has 20 heavy (non-hydrogen) atoms. The Bertz CT molecular complexity index is 914. The van der Waals surface area contributed by atoms with E-state index in [2.05, 4.69) is 4.98 Å². The fraction of sp³-hybridized carbons (Fsp3) is 0.200. The molecule has 0 spiro atoms. The van der Waals surface area contributed by atoms with Crippen molar-refractivity contribution >= 4 is 11.0 Å². The lowest BCUT2D eigenvalue weighted by atomic mass is 10.2. The van der Waals surface area contributed by atoms with Crippen molar-refractivity contribution in [1.29, 1.82) is 0 Å². The van der Waals surface area contributed by atoms with Crippen LogP contribution in [-0.4, -0.2) is 14.1 Å². The topological polar surface area (TPSA) is 59.8 Å². The van der Waals surface area contributed by atoms with E-state index in [1.165, 1.54) is 11.6 Å². The molecule has 0 bridgehead atoms. The molecule has 0 aliphatic rings. The number of aromatic nitrogens is 3. The molecule has 0 saturated heterocycles. The van der Waals surface area contributed by atoms with Crippen LogP contribution in [-0.2, 0) is 7.05 Å². The zero-order chi connectivity index (χ0) is 14.4. The number of benzene rings is 1. The van der Waals surface area contributed by atoms with Gasteiger partial charge in [0.25, 0.3) is 5.56 Å². The van der Waals surface area contributed by atoms with E-state index in [0.717, 1.165) is 21.5 Å². The van der Waals surface area contributed by atoms with E-state index < -0.39 is 0 Å². The van der Waals surface area contributed by atoms with Crippen LogP contribution in [0.15, 0.2) is 39.9 Å². The van der Waals surface area contributed by atoms with Gasteiger partial charge in [-0.1, -0.05) is 18.2 Å². The Morgan fingerprint density at radius 1 is 1.05 bits per heavy atom. The van der Waals surface area contributed by atoms with Crippen LogP contribution in [0.5, 0.6) is 0 Å². The molecular formula is C15H15N3O2. The van der Waals surface area contributed by atoms with Gasteiger partial charge in [0.05, 0.1) is 11.1 Å². The fourth-order valence-electron chi connectivity index (χ4n) is 2.45. The van der Waals surface area contributed by atoms with Crippen LogP contribution < -0.4 is 11.2 Å². The molecule has 102 valence electrons. The summed E-state index contributed by atoms with van der Waals surface area (Å²) in [6, 6.07) is 9.30. The highest BCUT2D eigenvalue weighted by Crippen LogP contribution is 2.18. The maximum atomic E-state index is 12.4. The third-order valence-corrected chi connectivity index (χ3v) is 3.71. The monoisotopic (exact) mass is 269 g/mol. The predicted octanol–water partition coefficient (Wildman–Crippen LogP) is 1.63. The quantitative estimate of drug-likeness (QED) is 0.730. The van der Waals surface area contributed by atoms with Gasteiger partial charge in [0.1, 0.15) is 5.65 Å². The van der Waals surface area contributed by atoms with E-state index in [1.54, 1.807) is 0 Å². The molecule has 2 heterocycles. The van der Waals surface area contributed by atoms with Crippen LogP contribution >= 0.6 is 0 Å². The summed E-state index contributed by atoms with van der Waals surface area (Å²) in [6.07, 6.45) is 0. The summed E-state index contributed by atoms with van der Waals surface area (Å²) >= 11 is 0. The molecule has 2 aromatic heterocycles. The van der Waals surface area contributed by atoms with E-state index >= 15 is 0 Å². The highest BCUT2D eigenvalue weighted by atomic mass is 16.2. The maximum absolute atomic E-state index is 12.4. The normalized spacial score (nSPS) is 11.2. The number of hydrogen-bond donors (Lipinski definition) is 1. The Morgan fingerprint density at radius 3 is 2.35 bits per heavy atom. The van der Waals surface area contributed by atoms with Gasteiger partial charge in [-0.25, -0.2) is 9.36 Å². The molecule has 0 atom stereocenters. The van der Waals surface area contributed by atoms with Gasteiger partial charge in [0.2, 0.25) is 0 Å². The molecule has 3 rings (SSSR count). The maximum Gasteiger partial charge on any atom is 0.336 e. The third-order valence-electron chi connectivity index (χ3n) is 3.71. The number of H-pyrrole nitrogens is 1. The van der Waals surface area contributed by atoms with Gasteiger partial charge in [0, 0.05) is 12.7 Å². The molecule has 0 aliphatic heterocycles. The average Bonchev–Trinajstić information content (AvgIpc) is 2.74. The molecular weight excluding hydrogens is 254 g/mol. The van der Waals surface area contributed by atoms with Crippen molar-refractivity contribution in [3.8, 4) is 5.69 Å². The summed E-state index contributed by atoms with van der Waals surface area (Å²) in [5.41, 5.74) is 2.45. The number of nitrogens with zero attached hydrogens (tertiary/aromatic N) is 2. The number of aryl methyl sites for hydroxylation is 2. The molecule has 1 aromatic carbocycles. The number of rotatable bonds is 1. The Kier molecular flexibility index (Phi) is 2.64. The number of nitrogens with one attached hydrogen (secondary N) is 1. The molecule has 5 nitrogen and oxygen atoms in total. The van der Waals surface area contributed by atoms with Gasteiger partial charge in [0.15, 0.2) is 0 Å². The predicted molar refractivity (Wildman–Crippen MR) is 78.6 cm³/mol. The molecule has 0 saturated carbocycles. The lowest BCUT2D eigenvalue weighted by Gasteiger charge is -2.09. The minimum absolute atomic E-state index is 0.265. The molecule has 0 fully saturated rings. The summed E-state index contributed by atoms with van der Waals surface area (Å²) in [6.45, 7) is 3.78. The molecule has 0 unspecified atom stereocenters. The molecule has 0 amide bonds. The average molecular weight is 269 g/mol. The zero-order valence-electron chi connectivity index (χ0n) is 11.6. The Labute approximate surface area is 115 Å². The van der Waals surface area contributed by atoms with E-state index in [1.807, 2.05) is 44.2 Å². The number of aromatic amines is 1. The van der Waals surface area contributed by atoms with Crippen molar-refractivity contribution in [1.82, 2.24) is 14.1 Å². The molecule has 0 radical (unpaired) electrons. The lowest BCUT2D eigenvalue weighted by molar-refractivity contribution is 0.749. The van der Waals surface area contributed by atoms with E-state index in [-0.39, 0.29) is 11.2 Å². The first-order valence-corrected chi connectivity index (χ1v) is 6.38. The van der Waals surface area contributed by atoms with Gasteiger partial charge in [-0.15, -0.1) is 0 Å². The zero-order valence-corrected chi connectivity index (χ0v) is 11.6. The van der Waals surface area contributed by atoms with Gasteiger partial charge in [-0.3, -0.25) is 9.36 Å². The third kappa shape index (κ3) is 1.56. The first-order valence-electron chi connectivity index (χ1n) is 6.38. The van der Waals surface area contributed by atoms with Crippen molar-refractivity contribution in [3.05, 3.63) is 62.4 Å². The summed E-state index contributed by atoms with van der Waals surface area (Å²) in [7, 11) is 1.51. The molecule has 5 heteroatoms. The molecule has 3 aromatic rings. The molecule has 1 N–H and O–H groups in total. The second-order valence-corrected chi connectivity index (χ2v) is 4.92. The lowest BCUT2D eigenvalue weighted by Crippen LogP contribution is -2.37. The Hall–Kier alpha value is -2.56. The van der Waals surface area contributed by atoms with E-state index in [9.17, 15) is 9.59 Å². The van der Waals surface area contributed by atoms with Crippen LogP contribution in [0.2, 0.25) is 0 Å². The van der Waals surface area contributed by atoms with Crippen LogP contribution in [0.1, 0.15) is 11.3 Å². The highest BCUT2D eigenvalue weighted by molar-refractivity contribution is 5.81. The van der Waals surface area contributed by atoms with Crippen molar-refractivity contribution in [3.63, 3.8) is 0 Å². The van der Waals surface area contributed by atoms with Crippen LogP contribution in [0.3, 0.4) is 0 Å². The van der Waals surface area contributed by atoms with Crippen molar-refractivity contribution in [2.75, 3.05) is 0 Å². The number of fused-ring (bicyclic) bond motifs is 1. The second kappa shape index (κ2) is 4.23. The van der Waals surface area contributed by atoms with Gasteiger partial charge in [-0.2, -0.15) is 0 Å². The second-order valence-electron chi connectivity index (χ2n) is 4.92. The Morgan fingerprint density at radius 2 is 1.70 bits per heavy atom. The minimum Gasteiger partial charge on any atom is -0.344 e. The van der Waals surface area contributed by atoms with Crippen molar-refractivity contribution < 1.29 is 0 Å². The first kappa shape index (κ1) is 12.5. The van der Waals surface area contributed by atoms with Gasteiger partial charge in [-0.05, 0) is 31.5 Å². The standard InChI is InChI=1S/C15H15N3O2/c1-9-10(2)16-13-12(9)14(19)17(3)15(20)18(13)11-7-5-4-6-8-11/h4-8,16H,1-3H3. The molecule has 0 aliphatic carbocycles. The largest absolute Gasteiger partial charge is 0.344 e. The smallest absolute Gasteiger partial charge is 0.336 e. The van der Waals surface area contributed by atoms with Crippen molar-refractivity contribution in [2.24, 2.45) is 7.05 Å². The first-order chi connectivity index (χ1) is 9.52. The summed E-state index contributed by atoms with van der Waals surface area (Å²) in [5, 5.41) is 0.563. The van der Waals surface area contributed by atoms with Crippen molar-refractivity contribution in [2.45, 2.75) is 13.8 Å². The van der Waals surface area contributed by atoms with Crippen LogP contribution in [0.4, 0.5) is 0 Å². The van der Waals surface area contributed by atoms with Gasteiger partial charge >= 0.3 is 5.69 Å². The summed E-state index contributed by atoms with van der Waals surface area (Å²) in [4.78, 5) is 27.9. The summed E-state index contributed by atoms with van der Waals surface area (Å²) in [5.74, 6) is 0. The Balaban J connectivity index is 2.59. The van der Waals surface area contributed by atoms with Crippen LogP contribution in [0, 0.1) is 13.8 Å². The SMILES string of the molecule is Cc1[nH]c2c(c1C)c(=O)n(C)c(=O)n2-c1ccccc1. The highest BCUT2D eigenvalue weighted by Gasteiger charge is 2.17. The van der Waals surface area contributed by atoms with E-state index in [0.29, 0.717) is 11.0 Å². The van der Waals surface area contributed by atoms with E-state index in [4.69, 9.17) is 0 Å². The number of para-hydroxylation sites is 1. The number of hydrogen-bond acceptors (Lipinski definition) is 2. The fourth-order valence-corrected chi connectivity index (χ4v) is 2.45. The summed E-state index contributed by atoms with van der Waals surface area (Å²) < 4.78 is 2.69. The van der Waals surface area contributed by atoms with Gasteiger partial charge < -0.3 is 4.98 Å².